The lowest BCUT2D eigenvalue weighted by molar-refractivity contribution is 0.0736. The Morgan fingerprint density at radius 2 is 1.93 bits per heavy atom. The first-order valence-electron chi connectivity index (χ1n) is 8.22. The Labute approximate surface area is 154 Å². The van der Waals surface area contributed by atoms with Crippen LogP contribution in [-0.4, -0.2) is 32.8 Å². The molecular weight excluding hydrogens is 357 g/mol. The number of carbonyl (C=O) groups excluding carboxylic acids is 1. The van der Waals surface area contributed by atoms with Crippen molar-refractivity contribution in [1.82, 2.24) is 19.9 Å². The van der Waals surface area contributed by atoms with Crippen LogP contribution in [0.15, 0.2) is 48.7 Å². The molecule has 1 heterocycles. The van der Waals surface area contributed by atoms with Gasteiger partial charge in [-0.05, 0) is 42.3 Å². The van der Waals surface area contributed by atoms with Gasteiger partial charge < -0.3 is 4.90 Å². The Kier molecular flexibility index (Phi) is 5.25. The lowest BCUT2D eigenvalue weighted by Gasteiger charge is -2.24. The highest BCUT2D eigenvalue weighted by Crippen LogP contribution is 2.22. The van der Waals surface area contributed by atoms with Crippen molar-refractivity contribution in [1.29, 1.82) is 0 Å². The van der Waals surface area contributed by atoms with Gasteiger partial charge in [0.2, 0.25) is 0 Å². The van der Waals surface area contributed by atoms with Gasteiger partial charge in [-0.25, -0.2) is 17.9 Å². The quantitative estimate of drug-likeness (QED) is 0.686. The molecule has 0 saturated heterocycles. The van der Waals surface area contributed by atoms with Gasteiger partial charge in [-0.3, -0.25) is 4.79 Å². The molecule has 0 radical (unpaired) electrons. The number of hydrogen-bond acceptors (Lipinski definition) is 3. The highest BCUT2D eigenvalue weighted by atomic mass is 19.2. The molecule has 0 bridgehead atoms. The number of hydrogen-bond donors (Lipinski definition) is 0. The van der Waals surface area contributed by atoms with E-state index in [1.807, 2.05) is 0 Å². The lowest BCUT2D eigenvalue weighted by atomic mass is 10.1. The predicted molar refractivity (Wildman–Crippen MR) is 92.4 cm³/mol. The Morgan fingerprint density at radius 3 is 2.63 bits per heavy atom. The summed E-state index contributed by atoms with van der Waals surface area (Å²) >= 11 is 0. The SMILES string of the molecule is CC(c1ccc(F)c(F)c1)N(C)C(=O)c1cn(Cc2cccc(F)c2)nn1. The minimum absolute atomic E-state index is 0.100. The van der Waals surface area contributed by atoms with E-state index in [1.165, 1.54) is 34.0 Å². The van der Waals surface area contributed by atoms with E-state index in [-0.39, 0.29) is 18.1 Å². The molecule has 0 fully saturated rings. The van der Waals surface area contributed by atoms with Crippen LogP contribution in [0.2, 0.25) is 0 Å². The molecular formula is C19H17F3N4O. The number of carbonyl (C=O) groups is 1. The third-order valence-corrected chi connectivity index (χ3v) is 4.32. The summed E-state index contributed by atoms with van der Waals surface area (Å²) in [6.45, 7) is 1.96. The van der Waals surface area contributed by atoms with Crippen LogP contribution in [-0.2, 0) is 6.54 Å². The summed E-state index contributed by atoms with van der Waals surface area (Å²) < 4.78 is 41.2. The topological polar surface area (TPSA) is 51.0 Å². The van der Waals surface area contributed by atoms with E-state index in [0.717, 1.165) is 12.1 Å². The average Bonchev–Trinajstić information content (AvgIpc) is 3.10. The lowest BCUT2D eigenvalue weighted by Crippen LogP contribution is -2.30. The minimum Gasteiger partial charge on any atom is -0.334 e. The summed E-state index contributed by atoms with van der Waals surface area (Å²) in [5.41, 5.74) is 1.24. The van der Waals surface area contributed by atoms with Crippen LogP contribution in [0.25, 0.3) is 0 Å². The maximum Gasteiger partial charge on any atom is 0.276 e. The molecule has 8 heteroatoms. The molecule has 1 amide bonds. The average molecular weight is 374 g/mol. The van der Waals surface area contributed by atoms with Gasteiger partial charge in [-0.2, -0.15) is 0 Å². The third-order valence-electron chi connectivity index (χ3n) is 4.32. The predicted octanol–water partition coefficient (Wildman–Crippen LogP) is 3.58. The second-order valence-corrected chi connectivity index (χ2v) is 6.20. The zero-order chi connectivity index (χ0) is 19.6. The Balaban J connectivity index is 1.73. The van der Waals surface area contributed by atoms with Gasteiger partial charge in [0.1, 0.15) is 5.82 Å². The van der Waals surface area contributed by atoms with Crippen molar-refractivity contribution >= 4 is 5.91 Å². The fourth-order valence-corrected chi connectivity index (χ4v) is 2.65. The van der Waals surface area contributed by atoms with Gasteiger partial charge in [0.15, 0.2) is 17.3 Å². The Bertz CT molecular complexity index is 973. The van der Waals surface area contributed by atoms with Gasteiger partial charge >= 0.3 is 0 Å². The van der Waals surface area contributed by atoms with Crippen molar-refractivity contribution in [2.24, 2.45) is 0 Å². The number of rotatable bonds is 5. The largest absolute Gasteiger partial charge is 0.334 e. The molecule has 0 saturated carbocycles. The second kappa shape index (κ2) is 7.61. The summed E-state index contributed by atoms with van der Waals surface area (Å²) in [4.78, 5) is 14.0. The molecule has 1 aromatic heterocycles. The number of amides is 1. The zero-order valence-corrected chi connectivity index (χ0v) is 14.7. The first-order chi connectivity index (χ1) is 12.8. The van der Waals surface area contributed by atoms with Crippen LogP contribution in [0, 0.1) is 17.5 Å². The monoisotopic (exact) mass is 374 g/mol. The highest BCUT2D eigenvalue weighted by molar-refractivity contribution is 5.92. The summed E-state index contributed by atoms with van der Waals surface area (Å²) in [6.07, 6.45) is 1.46. The van der Waals surface area contributed by atoms with E-state index >= 15 is 0 Å². The molecule has 2 aromatic carbocycles. The van der Waals surface area contributed by atoms with E-state index in [4.69, 9.17) is 0 Å². The summed E-state index contributed by atoms with van der Waals surface area (Å²) in [6, 6.07) is 9.05. The van der Waals surface area contributed by atoms with E-state index < -0.39 is 23.6 Å². The van der Waals surface area contributed by atoms with Crippen molar-refractivity contribution in [2.75, 3.05) is 7.05 Å². The van der Waals surface area contributed by atoms with Crippen LogP contribution in [0.1, 0.15) is 34.6 Å². The highest BCUT2D eigenvalue weighted by Gasteiger charge is 2.22. The molecule has 0 N–H and O–H groups in total. The number of nitrogens with zero attached hydrogens (tertiary/aromatic N) is 4. The fraction of sp³-hybridized carbons (Fsp3) is 0.211. The standard InChI is InChI=1S/C19H17F3N4O/c1-12(14-6-7-16(21)17(22)9-14)25(2)19(27)18-11-26(24-23-18)10-13-4-3-5-15(20)8-13/h3-9,11-12H,10H2,1-2H3. The number of halogens is 3. The smallest absolute Gasteiger partial charge is 0.276 e. The molecule has 1 unspecified atom stereocenters. The van der Waals surface area contributed by atoms with Crippen LogP contribution in [0.3, 0.4) is 0 Å². The molecule has 3 aromatic rings. The molecule has 0 spiro atoms. The second-order valence-electron chi connectivity index (χ2n) is 6.20. The van der Waals surface area contributed by atoms with E-state index in [9.17, 15) is 18.0 Å². The number of benzene rings is 2. The summed E-state index contributed by atoms with van der Waals surface area (Å²) in [5.74, 6) is -2.69. The summed E-state index contributed by atoms with van der Waals surface area (Å²) in [5, 5.41) is 7.75. The van der Waals surface area contributed by atoms with Gasteiger partial charge in [-0.1, -0.05) is 23.4 Å². The molecule has 5 nitrogen and oxygen atoms in total. The minimum atomic E-state index is -0.971. The first kappa shape index (κ1) is 18.6. The van der Waals surface area contributed by atoms with Crippen LogP contribution in [0.5, 0.6) is 0 Å². The normalized spacial score (nSPS) is 12.0. The molecule has 27 heavy (non-hydrogen) atoms. The Morgan fingerprint density at radius 1 is 1.15 bits per heavy atom. The maximum atomic E-state index is 13.4. The van der Waals surface area contributed by atoms with Crippen LogP contribution in [0.4, 0.5) is 13.2 Å². The van der Waals surface area contributed by atoms with Crippen molar-refractivity contribution in [3.05, 3.63) is 82.9 Å². The fourth-order valence-electron chi connectivity index (χ4n) is 2.65. The molecule has 0 aliphatic carbocycles. The third kappa shape index (κ3) is 4.16. The van der Waals surface area contributed by atoms with Crippen LogP contribution < -0.4 is 0 Å². The van der Waals surface area contributed by atoms with Gasteiger partial charge in [0.05, 0.1) is 18.8 Å². The molecule has 3 rings (SSSR count). The summed E-state index contributed by atoms with van der Waals surface area (Å²) in [7, 11) is 1.54. The van der Waals surface area contributed by atoms with E-state index in [1.54, 1.807) is 26.1 Å². The molecule has 0 aliphatic rings. The molecule has 140 valence electrons. The number of aromatic nitrogens is 3. The van der Waals surface area contributed by atoms with Crippen molar-refractivity contribution in [3.8, 4) is 0 Å². The van der Waals surface area contributed by atoms with Gasteiger partial charge in [0, 0.05) is 7.05 Å². The van der Waals surface area contributed by atoms with Gasteiger partial charge in [-0.15, -0.1) is 5.10 Å². The first-order valence-corrected chi connectivity index (χ1v) is 8.22. The molecule has 0 aliphatic heterocycles. The molecule has 1 atom stereocenters. The van der Waals surface area contributed by atoms with Crippen LogP contribution >= 0.6 is 0 Å². The van der Waals surface area contributed by atoms with Crippen molar-refractivity contribution in [3.63, 3.8) is 0 Å². The van der Waals surface area contributed by atoms with E-state index in [0.29, 0.717) is 11.1 Å². The zero-order valence-electron chi connectivity index (χ0n) is 14.7. The van der Waals surface area contributed by atoms with Crippen molar-refractivity contribution in [2.45, 2.75) is 19.5 Å². The van der Waals surface area contributed by atoms with Crippen molar-refractivity contribution < 1.29 is 18.0 Å². The van der Waals surface area contributed by atoms with E-state index in [2.05, 4.69) is 10.3 Å². The Hall–Kier alpha value is -3.16. The van der Waals surface area contributed by atoms with Gasteiger partial charge in [0.25, 0.3) is 5.91 Å². The maximum absolute atomic E-state index is 13.4.